The fourth-order valence-electron chi connectivity index (χ4n) is 3.91. The first-order chi connectivity index (χ1) is 14.8. The fraction of sp³-hybridized carbons (Fsp3) is 0.227. The average molecular weight is 439 g/mol. The predicted octanol–water partition coefficient (Wildman–Crippen LogP) is 2.89. The second-order valence-corrected chi connectivity index (χ2v) is 7.84. The van der Waals surface area contributed by atoms with Crippen molar-refractivity contribution in [3.63, 3.8) is 0 Å². The number of esters is 1. The van der Waals surface area contributed by atoms with Crippen molar-refractivity contribution in [3.05, 3.63) is 64.7 Å². The van der Waals surface area contributed by atoms with Crippen molar-refractivity contribution in [2.45, 2.75) is 19.8 Å². The molecule has 0 aliphatic carbocycles. The number of hydrogen-bond acceptors (Lipinski definition) is 6. The third-order valence-electron chi connectivity index (χ3n) is 5.40. The third kappa shape index (κ3) is 4.06. The van der Waals surface area contributed by atoms with E-state index in [1.807, 2.05) is 0 Å². The Labute approximate surface area is 183 Å². The Kier molecular flexibility index (Phi) is 5.56. The largest absolute Gasteiger partial charge is 0.423 e. The number of benzene rings is 2. The molecule has 9 heteroatoms. The lowest BCUT2D eigenvalue weighted by Gasteiger charge is -2.27. The highest BCUT2D eigenvalue weighted by Gasteiger charge is 2.45. The van der Waals surface area contributed by atoms with E-state index in [0.717, 1.165) is 5.56 Å². The molecule has 0 radical (unpaired) electrons. The lowest BCUT2D eigenvalue weighted by Crippen LogP contribution is -2.38. The van der Waals surface area contributed by atoms with Crippen molar-refractivity contribution in [1.82, 2.24) is 10.9 Å². The van der Waals surface area contributed by atoms with E-state index >= 15 is 0 Å². The molecule has 2 amide bonds. The minimum atomic E-state index is -0.612. The number of nitrogens with one attached hydrogen (secondary N) is 2. The maximum Gasteiger partial charge on any atom is 0.343 e. The molecule has 2 atom stereocenters. The summed E-state index contributed by atoms with van der Waals surface area (Å²) in [5.41, 5.74) is 7.22. The highest BCUT2D eigenvalue weighted by molar-refractivity contribution is 6.30. The van der Waals surface area contributed by atoms with Gasteiger partial charge >= 0.3 is 5.97 Å². The first-order valence-electron chi connectivity index (χ1n) is 9.61. The summed E-state index contributed by atoms with van der Waals surface area (Å²) in [6.07, 6.45) is 0. The quantitative estimate of drug-likeness (QED) is 0.552. The van der Waals surface area contributed by atoms with E-state index in [9.17, 15) is 14.4 Å². The van der Waals surface area contributed by atoms with Gasteiger partial charge in [-0.2, -0.15) is 10.2 Å². The number of hydrogen-bond donors (Lipinski definition) is 2. The molecule has 8 nitrogen and oxygen atoms in total. The third-order valence-corrected chi connectivity index (χ3v) is 5.64. The van der Waals surface area contributed by atoms with Crippen molar-refractivity contribution in [1.29, 1.82) is 0 Å². The normalized spacial score (nSPS) is 21.1. The number of amides is 2. The van der Waals surface area contributed by atoms with Gasteiger partial charge in [0.1, 0.15) is 5.75 Å². The molecule has 2 aliphatic heterocycles. The Balaban J connectivity index is 1.62. The zero-order valence-electron chi connectivity index (χ0n) is 16.8. The molecule has 4 rings (SSSR count). The molecule has 158 valence electrons. The van der Waals surface area contributed by atoms with E-state index in [4.69, 9.17) is 16.3 Å². The average Bonchev–Trinajstić information content (AvgIpc) is 3.25. The summed E-state index contributed by atoms with van der Waals surface area (Å²) < 4.78 is 5.42. The van der Waals surface area contributed by atoms with Crippen LogP contribution >= 0.6 is 11.6 Å². The summed E-state index contributed by atoms with van der Waals surface area (Å²) in [5, 5.41) is 8.50. The van der Waals surface area contributed by atoms with Crippen LogP contribution in [0.5, 0.6) is 5.75 Å². The molecular formula is C22H19ClN4O4. The summed E-state index contributed by atoms with van der Waals surface area (Å²) in [7, 11) is 0. The number of ether oxygens (including phenoxy) is 1. The van der Waals surface area contributed by atoms with Gasteiger partial charge in [0.25, 0.3) is 0 Å². The smallest absolute Gasteiger partial charge is 0.343 e. The van der Waals surface area contributed by atoms with Crippen LogP contribution in [0.3, 0.4) is 0 Å². The topological polar surface area (TPSA) is 109 Å². The number of carbonyl (C=O) groups excluding carboxylic acids is 3. The van der Waals surface area contributed by atoms with Crippen molar-refractivity contribution in [2.75, 3.05) is 0 Å². The van der Waals surface area contributed by atoms with E-state index in [1.165, 1.54) is 6.07 Å². The van der Waals surface area contributed by atoms with E-state index in [0.29, 0.717) is 27.8 Å². The number of carbonyl (C=O) groups is 3. The van der Waals surface area contributed by atoms with Gasteiger partial charge in [-0.3, -0.25) is 9.59 Å². The molecule has 0 saturated heterocycles. The Hall–Kier alpha value is -3.52. The first kappa shape index (κ1) is 20.7. The van der Waals surface area contributed by atoms with Gasteiger partial charge in [0.05, 0.1) is 17.4 Å². The number of nitrogens with zero attached hydrogens (tertiary/aromatic N) is 2. The van der Waals surface area contributed by atoms with Crippen molar-refractivity contribution >= 4 is 40.8 Å². The van der Waals surface area contributed by atoms with Crippen LogP contribution in [0.15, 0.2) is 58.7 Å². The van der Waals surface area contributed by atoms with Gasteiger partial charge in [-0.15, -0.1) is 0 Å². The van der Waals surface area contributed by atoms with Crippen molar-refractivity contribution in [3.8, 4) is 5.75 Å². The second kappa shape index (κ2) is 8.31. The summed E-state index contributed by atoms with van der Waals surface area (Å²) in [6.45, 7) is 3.49. The molecule has 2 N–H and O–H groups in total. The summed E-state index contributed by atoms with van der Waals surface area (Å²) in [5.74, 6) is -2.48. The van der Waals surface area contributed by atoms with Gasteiger partial charge < -0.3 is 4.74 Å². The molecule has 2 aliphatic rings. The van der Waals surface area contributed by atoms with Crippen molar-refractivity contribution in [2.24, 2.45) is 22.0 Å². The van der Waals surface area contributed by atoms with Crippen LogP contribution in [0, 0.1) is 11.8 Å². The molecule has 0 saturated carbocycles. The van der Waals surface area contributed by atoms with Gasteiger partial charge in [0.15, 0.2) is 0 Å². The zero-order valence-corrected chi connectivity index (χ0v) is 17.5. The molecule has 2 aromatic rings. The minimum absolute atomic E-state index is 0.272. The standard InChI is InChI=1S/C22H19ClN4O4/c1-11-17(20(28)26-24-11)19(18-12(2)25-27-21(18)29)13-6-8-16(9-7-13)31-22(30)14-4-3-5-15(23)10-14/h3-10,17-19H,1-2H3,(H,26,28)(H,27,29). The van der Waals surface area contributed by atoms with Gasteiger partial charge in [-0.1, -0.05) is 29.8 Å². The highest BCUT2D eigenvalue weighted by Crippen LogP contribution is 2.38. The number of halogens is 1. The minimum Gasteiger partial charge on any atom is -0.423 e. The van der Waals surface area contributed by atoms with Crippen molar-refractivity contribution < 1.29 is 19.1 Å². The molecule has 2 aromatic carbocycles. The summed E-state index contributed by atoms with van der Waals surface area (Å²) in [4.78, 5) is 37.3. The van der Waals surface area contributed by atoms with Gasteiger partial charge in [0, 0.05) is 22.4 Å². The van der Waals surface area contributed by atoms with Crippen LogP contribution in [0.25, 0.3) is 0 Å². The molecule has 0 spiro atoms. The monoisotopic (exact) mass is 438 g/mol. The van der Waals surface area contributed by atoms with Crippen LogP contribution in [0.2, 0.25) is 5.02 Å². The molecule has 0 bridgehead atoms. The fourth-order valence-corrected chi connectivity index (χ4v) is 4.10. The Bertz CT molecular complexity index is 1090. The van der Waals surface area contributed by atoms with Crippen LogP contribution in [0.4, 0.5) is 0 Å². The van der Waals surface area contributed by atoms with E-state index in [1.54, 1.807) is 56.3 Å². The summed E-state index contributed by atoms with van der Waals surface area (Å²) >= 11 is 5.93. The van der Waals surface area contributed by atoms with Crippen LogP contribution in [-0.2, 0) is 9.59 Å². The summed E-state index contributed by atoms with van der Waals surface area (Å²) in [6, 6.07) is 13.2. The molecule has 31 heavy (non-hydrogen) atoms. The van der Waals surface area contributed by atoms with Crippen LogP contribution in [-0.4, -0.2) is 29.2 Å². The van der Waals surface area contributed by atoms with E-state index in [2.05, 4.69) is 21.1 Å². The Morgan fingerprint density at radius 2 is 1.55 bits per heavy atom. The Morgan fingerprint density at radius 1 is 0.968 bits per heavy atom. The van der Waals surface area contributed by atoms with E-state index in [-0.39, 0.29) is 11.8 Å². The van der Waals surface area contributed by atoms with E-state index < -0.39 is 23.7 Å². The zero-order chi connectivity index (χ0) is 22.1. The SMILES string of the molecule is CC1=NNC(=O)C1C(c1ccc(OC(=O)c2cccc(Cl)c2)cc1)C1C(=O)NN=C1C. The lowest BCUT2D eigenvalue weighted by atomic mass is 9.73. The second-order valence-electron chi connectivity index (χ2n) is 7.41. The van der Waals surface area contributed by atoms with Crippen LogP contribution in [0.1, 0.15) is 35.7 Å². The van der Waals surface area contributed by atoms with Gasteiger partial charge in [0.2, 0.25) is 11.8 Å². The first-order valence-corrected chi connectivity index (χ1v) is 9.98. The number of hydrazone groups is 2. The van der Waals surface area contributed by atoms with Gasteiger partial charge in [-0.05, 0) is 49.7 Å². The van der Waals surface area contributed by atoms with Gasteiger partial charge in [-0.25, -0.2) is 15.6 Å². The number of rotatable bonds is 5. The lowest BCUT2D eigenvalue weighted by molar-refractivity contribution is -0.125. The highest BCUT2D eigenvalue weighted by atomic mass is 35.5. The van der Waals surface area contributed by atoms with Crippen LogP contribution < -0.4 is 15.6 Å². The predicted molar refractivity (Wildman–Crippen MR) is 115 cm³/mol. The molecule has 0 fully saturated rings. The maximum absolute atomic E-state index is 12.5. The molecule has 0 aromatic heterocycles. The molecule has 2 unspecified atom stereocenters. The molecule has 2 heterocycles. The Morgan fingerprint density at radius 3 is 2.03 bits per heavy atom. The molecular weight excluding hydrogens is 420 g/mol. The maximum atomic E-state index is 12.5.